The van der Waals surface area contributed by atoms with Crippen LogP contribution < -0.4 is 5.32 Å². The highest BCUT2D eigenvalue weighted by molar-refractivity contribution is 6.39. The van der Waals surface area contributed by atoms with Gasteiger partial charge in [-0.05, 0) is 49.4 Å². The van der Waals surface area contributed by atoms with Gasteiger partial charge in [0.25, 0.3) is 5.91 Å². The maximum absolute atomic E-state index is 13.1. The predicted octanol–water partition coefficient (Wildman–Crippen LogP) is 5.61. The molecule has 1 aromatic heterocycles. The largest absolute Gasteiger partial charge is 0.452 e. The van der Waals surface area contributed by atoms with Crippen molar-refractivity contribution in [3.63, 3.8) is 0 Å². The van der Waals surface area contributed by atoms with Crippen LogP contribution in [0.4, 0.5) is 5.69 Å². The smallest absolute Gasteiger partial charge is 0.339 e. The van der Waals surface area contributed by atoms with Crippen molar-refractivity contribution in [1.82, 2.24) is 4.98 Å². The summed E-state index contributed by atoms with van der Waals surface area (Å²) in [6.45, 7) is -0.439. The molecule has 7 heteroatoms. The normalized spacial score (nSPS) is 13.4. The van der Waals surface area contributed by atoms with Crippen LogP contribution in [0.5, 0.6) is 0 Å². The first kappa shape index (κ1) is 20.6. The third-order valence-electron chi connectivity index (χ3n) is 5.18. The molecule has 1 amide bonds. The van der Waals surface area contributed by atoms with Crippen molar-refractivity contribution in [3.8, 4) is 0 Å². The number of halogens is 2. The highest BCUT2D eigenvalue weighted by Crippen LogP contribution is 2.31. The van der Waals surface area contributed by atoms with Crippen molar-refractivity contribution in [2.75, 3.05) is 11.9 Å². The standard InChI is InChI=1S/C23H20Cl2N2O3/c24-16-9-6-10-17(25)22(16)27-20(28)13-30-23(29)21-14-7-2-1-3-11-18(14)26-19-12-5-4-8-15(19)21/h4-6,8-10,12H,1-3,7,11,13H2,(H,27,28). The molecule has 5 nitrogen and oxygen atoms in total. The third-order valence-corrected chi connectivity index (χ3v) is 5.81. The van der Waals surface area contributed by atoms with Crippen LogP contribution in [0.25, 0.3) is 10.9 Å². The van der Waals surface area contributed by atoms with E-state index in [1.165, 1.54) is 0 Å². The number of anilines is 1. The molecule has 0 fully saturated rings. The topological polar surface area (TPSA) is 68.3 Å². The third kappa shape index (κ3) is 4.27. The molecule has 1 aliphatic rings. The van der Waals surface area contributed by atoms with E-state index < -0.39 is 18.5 Å². The molecule has 1 heterocycles. The van der Waals surface area contributed by atoms with Gasteiger partial charge in [-0.1, -0.05) is 53.9 Å². The second-order valence-electron chi connectivity index (χ2n) is 7.21. The number of hydrogen-bond acceptors (Lipinski definition) is 4. The summed E-state index contributed by atoms with van der Waals surface area (Å²) in [6.07, 6.45) is 4.76. The highest BCUT2D eigenvalue weighted by atomic mass is 35.5. The molecule has 1 N–H and O–H groups in total. The van der Waals surface area contributed by atoms with Crippen LogP contribution in [0.1, 0.15) is 40.9 Å². The van der Waals surface area contributed by atoms with Crippen LogP contribution in [-0.2, 0) is 22.4 Å². The lowest BCUT2D eigenvalue weighted by atomic mass is 9.97. The van der Waals surface area contributed by atoms with Crippen molar-refractivity contribution in [2.24, 2.45) is 0 Å². The van der Waals surface area contributed by atoms with E-state index >= 15 is 0 Å². The molecule has 0 saturated carbocycles. The van der Waals surface area contributed by atoms with Gasteiger partial charge >= 0.3 is 5.97 Å². The molecule has 2 aromatic carbocycles. The second kappa shape index (κ2) is 9.02. The van der Waals surface area contributed by atoms with Gasteiger partial charge in [0, 0.05) is 11.1 Å². The number of amides is 1. The number of pyridine rings is 1. The van der Waals surface area contributed by atoms with Gasteiger partial charge in [-0.25, -0.2) is 4.79 Å². The Morgan fingerprint density at radius 3 is 2.50 bits per heavy atom. The highest BCUT2D eigenvalue weighted by Gasteiger charge is 2.23. The minimum Gasteiger partial charge on any atom is -0.452 e. The Kier molecular flexibility index (Phi) is 6.21. The van der Waals surface area contributed by atoms with E-state index in [9.17, 15) is 9.59 Å². The summed E-state index contributed by atoms with van der Waals surface area (Å²) in [7, 11) is 0. The van der Waals surface area contributed by atoms with Crippen LogP contribution >= 0.6 is 23.2 Å². The van der Waals surface area contributed by atoms with E-state index in [2.05, 4.69) is 5.32 Å². The number of benzene rings is 2. The van der Waals surface area contributed by atoms with Crippen molar-refractivity contribution >= 4 is 51.7 Å². The maximum Gasteiger partial charge on any atom is 0.339 e. The fourth-order valence-corrected chi connectivity index (χ4v) is 4.27. The number of aryl methyl sites for hydroxylation is 1. The number of fused-ring (bicyclic) bond motifs is 2. The Morgan fingerprint density at radius 1 is 0.967 bits per heavy atom. The van der Waals surface area contributed by atoms with Gasteiger partial charge in [0.05, 0.1) is 26.8 Å². The monoisotopic (exact) mass is 442 g/mol. The van der Waals surface area contributed by atoms with Crippen LogP contribution in [0.15, 0.2) is 42.5 Å². The van der Waals surface area contributed by atoms with E-state index in [0.717, 1.165) is 54.3 Å². The Balaban J connectivity index is 1.57. The van der Waals surface area contributed by atoms with E-state index in [1.807, 2.05) is 24.3 Å². The molecule has 0 bridgehead atoms. The summed E-state index contributed by atoms with van der Waals surface area (Å²) >= 11 is 12.2. The van der Waals surface area contributed by atoms with Crippen molar-refractivity contribution < 1.29 is 14.3 Å². The zero-order chi connectivity index (χ0) is 21.1. The summed E-state index contributed by atoms with van der Waals surface area (Å²) in [6, 6.07) is 12.4. The fraction of sp³-hybridized carbons (Fsp3) is 0.261. The number of nitrogens with zero attached hydrogens (tertiary/aromatic N) is 1. The molecule has 30 heavy (non-hydrogen) atoms. The molecule has 1 aliphatic carbocycles. The molecular weight excluding hydrogens is 423 g/mol. The molecule has 4 rings (SSSR count). The summed E-state index contributed by atoms with van der Waals surface area (Å²) in [5.74, 6) is -1.03. The quantitative estimate of drug-likeness (QED) is 0.421. The number of nitrogens with one attached hydrogen (secondary N) is 1. The van der Waals surface area contributed by atoms with Crippen LogP contribution in [0, 0.1) is 0 Å². The fourth-order valence-electron chi connectivity index (χ4n) is 3.78. The lowest BCUT2D eigenvalue weighted by molar-refractivity contribution is -0.119. The average molecular weight is 443 g/mol. The molecule has 0 saturated heterocycles. The average Bonchev–Trinajstić information content (AvgIpc) is 2.98. The van der Waals surface area contributed by atoms with Crippen molar-refractivity contribution in [3.05, 3.63) is 69.3 Å². The summed E-state index contributed by atoms with van der Waals surface area (Å²) < 4.78 is 5.39. The molecule has 0 unspecified atom stereocenters. The van der Waals surface area contributed by atoms with Gasteiger partial charge in [-0.15, -0.1) is 0 Å². The summed E-state index contributed by atoms with van der Waals surface area (Å²) in [4.78, 5) is 30.2. The van der Waals surface area contributed by atoms with Crippen LogP contribution in [0.3, 0.4) is 0 Å². The first-order valence-corrected chi connectivity index (χ1v) is 10.6. The van der Waals surface area contributed by atoms with Gasteiger partial charge in [-0.3, -0.25) is 9.78 Å². The first-order chi connectivity index (χ1) is 14.5. The molecular formula is C23H20Cl2N2O3. The number of aromatic nitrogens is 1. The minimum absolute atomic E-state index is 0.296. The number of ether oxygens (including phenoxy) is 1. The second-order valence-corrected chi connectivity index (χ2v) is 8.03. The SMILES string of the molecule is O=C(COC(=O)c1c2c(nc3ccccc13)CCCCC2)Nc1c(Cl)cccc1Cl. The van der Waals surface area contributed by atoms with E-state index in [4.69, 9.17) is 32.9 Å². The summed E-state index contributed by atoms with van der Waals surface area (Å²) in [5, 5.41) is 3.98. The zero-order valence-electron chi connectivity index (χ0n) is 16.2. The molecule has 154 valence electrons. The lowest BCUT2D eigenvalue weighted by Crippen LogP contribution is -2.22. The number of rotatable bonds is 4. The maximum atomic E-state index is 13.1. The summed E-state index contributed by atoms with van der Waals surface area (Å²) in [5.41, 5.74) is 3.46. The Labute approximate surface area is 184 Å². The number of carbonyl (C=O) groups is 2. The first-order valence-electron chi connectivity index (χ1n) is 9.86. The molecule has 3 aromatic rings. The number of para-hydroxylation sites is 2. The van der Waals surface area contributed by atoms with Crippen LogP contribution in [-0.4, -0.2) is 23.5 Å². The molecule has 0 aliphatic heterocycles. The number of carbonyl (C=O) groups excluding carboxylic acids is 2. The van der Waals surface area contributed by atoms with Gasteiger partial charge in [-0.2, -0.15) is 0 Å². The van der Waals surface area contributed by atoms with E-state index in [1.54, 1.807) is 18.2 Å². The minimum atomic E-state index is -0.521. The van der Waals surface area contributed by atoms with Gasteiger partial charge < -0.3 is 10.1 Å². The van der Waals surface area contributed by atoms with Crippen molar-refractivity contribution in [1.29, 1.82) is 0 Å². The number of hydrogen-bond donors (Lipinski definition) is 1. The van der Waals surface area contributed by atoms with Gasteiger partial charge in [0.1, 0.15) is 0 Å². The number of esters is 1. The Bertz CT molecular complexity index is 1110. The molecule has 0 radical (unpaired) electrons. The van der Waals surface area contributed by atoms with Crippen molar-refractivity contribution in [2.45, 2.75) is 32.1 Å². The van der Waals surface area contributed by atoms with E-state index in [-0.39, 0.29) is 0 Å². The van der Waals surface area contributed by atoms with E-state index in [0.29, 0.717) is 21.3 Å². The predicted molar refractivity (Wildman–Crippen MR) is 118 cm³/mol. The molecule has 0 atom stereocenters. The molecule has 0 spiro atoms. The van der Waals surface area contributed by atoms with Gasteiger partial charge in [0.2, 0.25) is 0 Å². The van der Waals surface area contributed by atoms with Crippen LogP contribution in [0.2, 0.25) is 10.0 Å². The Hall–Kier alpha value is -2.63. The zero-order valence-corrected chi connectivity index (χ0v) is 17.7. The van der Waals surface area contributed by atoms with Gasteiger partial charge in [0.15, 0.2) is 6.61 Å². The lowest BCUT2D eigenvalue weighted by Gasteiger charge is -2.15. The Morgan fingerprint density at radius 2 is 1.70 bits per heavy atom.